The van der Waals surface area contributed by atoms with Gasteiger partial charge in [0.15, 0.2) is 0 Å². The number of hydrogen-bond acceptors (Lipinski definition) is 2. The SMILES string of the molecule is CC(C)(C)NC(=O)NCc1ccc2c(c1)CNC2. The van der Waals surface area contributed by atoms with Crippen LogP contribution in [0, 0.1) is 0 Å². The van der Waals surface area contributed by atoms with Crippen LogP contribution >= 0.6 is 0 Å². The highest BCUT2D eigenvalue weighted by atomic mass is 16.2. The van der Waals surface area contributed by atoms with Gasteiger partial charge in [-0.25, -0.2) is 4.79 Å². The van der Waals surface area contributed by atoms with Gasteiger partial charge in [-0.2, -0.15) is 0 Å². The maximum absolute atomic E-state index is 11.6. The number of urea groups is 1. The zero-order chi connectivity index (χ0) is 13.2. The first kappa shape index (κ1) is 12.9. The molecule has 18 heavy (non-hydrogen) atoms. The van der Waals surface area contributed by atoms with Crippen molar-refractivity contribution in [2.75, 3.05) is 0 Å². The summed E-state index contributed by atoms with van der Waals surface area (Å²) in [5.74, 6) is 0. The number of carbonyl (C=O) groups excluding carboxylic acids is 1. The van der Waals surface area contributed by atoms with Crippen LogP contribution in [0.1, 0.15) is 37.5 Å². The first-order valence-electron chi connectivity index (χ1n) is 6.31. The Morgan fingerprint density at radius 3 is 2.72 bits per heavy atom. The van der Waals surface area contributed by atoms with E-state index in [1.807, 2.05) is 20.8 Å². The van der Waals surface area contributed by atoms with Crippen LogP contribution in [-0.4, -0.2) is 11.6 Å². The molecule has 1 aliphatic rings. The number of benzene rings is 1. The zero-order valence-electron chi connectivity index (χ0n) is 11.3. The van der Waals surface area contributed by atoms with Crippen molar-refractivity contribution < 1.29 is 4.79 Å². The lowest BCUT2D eigenvalue weighted by Gasteiger charge is -2.20. The Hall–Kier alpha value is -1.55. The van der Waals surface area contributed by atoms with Gasteiger partial charge in [-0.1, -0.05) is 18.2 Å². The van der Waals surface area contributed by atoms with E-state index in [9.17, 15) is 4.79 Å². The molecule has 0 saturated carbocycles. The van der Waals surface area contributed by atoms with E-state index in [2.05, 4.69) is 34.1 Å². The van der Waals surface area contributed by atoms with Gasteiger partial charge >= 0.3 is 6.03 Å². The fourth-order valence-corrected chi connectivity index (χ4v) is 2.03. The van der Waals surface area contributed by atoms with Gasteiger partial charge in [-0.3, -0.25) is 0 Å². The second kappa shape index (κ2) is 4.98. The average Bonchev–Trinajstić information content (AvgIpc) is 2.71. The highest BCUT2D eigenvalue weighted by Gasteiger charge is 2.14. The zero-order valence-corrected chi connectivity index (χ0v) is 11.3. The van der Waals surface area contributed by atoms with Crippen LogP contribution in [0.2, 0.25) is 0 Å². The summed E-state index contributed by atoms with van der Waals surface area (Å²) in [4.78, 5) is 11.6. The molecule has 0 aromatic heterocycles. The third-order valence-electron chi connectivity index (χ3n) is 2.84. The molecule has 98 valence electrons. The van der Waals surface area contributed by atoms with Crippen molar-refractivity contribution in [2.24, 2.45) is 0 Å². The van der Waals surface area contributed by atoms with Crippen LogP contribution in [0.5, 0.6) is 0 Å². The van der Waals surface area contributed by atoms with Gasteiger partial charge in [-0.15, -0.1) is 0 Å². The molecule has 0 atom stereocenters. The van der Waals surface area contributed by atoms with Gasteiger partial charge in [0.1, 0.15) is 0 Å². The number of carbonyl (C=O) groups is 1. The Morgan fingerprint density at radius 2 is 2.00 bits per heavy atom. The molecular weight excluding hydrogens is 226 g/mol. The summed E-state index contributed by atoms with van der Waals surface area (Å²) >= 11 is 0. The summed E-state index contributed by atoms with van der Waals surface area (Å²) < 4.78 is 0. The van der Waals surface area contributed by atoms with E-state index in [1.165, 1.54) is 11.1 Å². The summed E-state index contributed by atoms with van der Waals surface area (Å²) in [5.41, 5.74) is 3.64. The van der Waals surface area contributed by atoms with Crippen LogP contribution in [0.4, 0.5) is 4.79 Å². The van der Waals surface area contributed by atoms with E-state index < -0.39 is 0 Å². The van der Waals surface area contributed by atoms with Crippen LogP contribution in [0.25, 0.3) is 0 Å². The maximum atomic E-state index is 11.6. The molecule has 2 rings (SSSR count). The second-order valence-corrected chi connectivity index (χ2v) is 5.76. The Bertz CT molecular complexity index is 449. The van der Waals surface area contributed by atoms with Crippen LogP contribution in [0.3, 0.4) is 0 Å². The van der Waals surface area contributed by atoms with Gasteiger partial charge in [0.05, 0.1) is 0 Å². The third kappa shape index (κ3) is 3.47. The first-order chi connectivity index (χ1) is 8.44. The first-order valence-corrected chi connectivity index (χ1v) is 6.31. The van der Waals surface area contributed by atoms with Crippen molar-refractivity contribution in [1.82, 2.24) is 16.0 Å². The Balaban J connectivity index is 1.89. The fourth-order valence-electron chi connectivity index (χ4n) is 2.03. The number of rotatable bonds is 2. The second-order valence-electron chi connectivity index (χ2n) is 5.76. The summed E-state index contributed by atoms with van der Waals surface area (Å²) in [5, 5.41) is 9.07. The van der Waals surface area contributed by atoms with E-state index in [4.69, 9.17) is 0 Å². The van der Waals surface area contributed by atoms with Crippen molar-refractivity contribution >= 4 is 6.03 Å². The third-order valence-corrected chi connectivity index (χ3v) is 2.84. The van der Waals surface area contributed by atoms with Crippen LogP contribution < -0.4 is 16.0 Å². The van der Waals surface area contributed by atoms with E-state index >= 15 is 0 Å². The Labute approximate surface area is 108 Å². The topological polar surface area (TPSA) is 53.2 Å². The molecular formula is C14H21N3O. The maximum Gasteiger partial charge on any atom is 0.315 e. The van der Waals surface area contributed by atoms with Crippen molar-refractivity contribution in [1.29, 1.82) is 0 Å². The van der Waals surface area contributed by atoms with E-state index in [-0.39, 0.29) is 11.6 Å². The minimum Gasteiger partial charge on any atom is -0.334 e. The molecule has 0 unspecified atom stereocenters. The molecule has 3 N–H and O–H groups in total. The van der Waals surface area contributed by atoms with Gasteiger partial charge in [0.25, 0.3) is 0 Å². The van der Waals surface area contributed by atoms with Gasteiger partial charge in [0.2, 0.25) is 0 Å². The molecule has 0 radical (unpaired) electrons. The molecule has 1 aliphatic heterocycles. The highest BCUT2D eigenvalue weighted by molar-refractivity contribution is 5.74. The van der Waals surface area contributed by atoms with E-state index in [0.29, 0.717) is 6.54 Å². The lowest BCUT2D eigenvalue weighted by molar-refractivity contribution is 0.231. The Morgan fingerprint density at radius 1 is 1.28 bits per heavy atom. The predicted octanol–water partition coefficient (Wildman–Crippen LogP) is 1.89. The molecule has 0 saturated heterocycles. The lowest BCUT2D eigenvalue weighted by Crippen LogP contribution is -2.46. The summed E-state index contributed by atoms with van der Waals surface area (Å²) in [6.07, 6.45) is 0. The van der Waals surface area contributed by atoms with Gasteiger partial charge in [0, 0.05) is 25.2 Å². The number of fused-ring (bicyclic) bond motifs is 1. The number of nitrogens with one attached hydrogen (secondary N) is 3. The standard InChI is InChI=1S/C14H21N3O/c1-14(2,3)17-13(18)16-7-10-4-5-11-8-15-9-12(11)6-10/h4-6,15H,7-9H2,1-3H3,(H2,16,17,18). The molecule has 2 amide bonds. The minimum atomic E-state index is -0.202. The monoisotopic (exact) mass is 247 g/mol. The molecule has 0 fully saturated rings. The van der Waals surface area contributed by atoms with Gasteiger partial charge in [-0.05, 0) is 37.5 Å². The van der Waals surface area contributed by atoms with E-state index in [0.717, 1.165) is 18.7 Å². The van der Waals surface area contributed by atoms with Crippen molar-refractivity contribution in [3.63, 3.8) is 0 Å². The molecule has 4 nitrogen and oxygen atoms in total. The molecule has 0 spiro atoms. The Kier molecular flexibility index (Phi) is 3.57. The molecule has 1 heterocycles. The predicted molar refractivity (Wildman–Crippen MR) is 72.1 cm³/mol. The lowest BCUT2D eigenvalue weighted by atomic mass is 10.1. The van der Waals surface area contributed by atoms with Crippen LogP contribution in [-0.2, 0) is 19.6 Å². The summed E-state index contributed by atoms with van der Waals surface area (Å²) in [6, 6.07) is 6.24. The quantitative estimate of drug-likeness (QED) is 0.747. The fraction of sp³-hybridized carbons (Fsp3) is 0.500. The smallest absolute Gasteiger partial charge is 0.315 e. The van der Waals surface area contributed by atoms with Crippen LogP contribution in [0.15, 0.2) is 18.2 Å². The van der Waals surface area contributed by atoms with Crippen molar-refractivity contribution in [3.8, 4) is 0 Å². The van der Waals surface area contributed by atoms with Crippen molar-refractivity contribution in [3.05, 3.63) is 34.9 Å². The molecule has 0 aliphatic carbocycles. The summed E-state index contributed by atoms with van der Waals surface area (Å²) in [6.45, 7) is 8.34. The molecule has 0 bridgehead atoms. The van der Waals surface area contributed by atoms with Gasteiger partial charge < -0.3 is 16.0 Å². The number of hydrogen-bond donors (Lipinski definition) is 3. The number of amides is 2. The largest absolute Gasteiger partial charge is 0.334 e. The van der Waals surface area contributed by atoms with Crippen molar-refractivity contribution in [2.45, 2.75) is 45.9 Å². The summed E-state index contributed by atoms with van der Waals surface area (Å²) in [7, 11) is 0. The molecule has 1 aromatic carbocycles. The normalized spacial score (nSPS) is 14.2. The molecule has 4 heteroatoms. The van der Waals surface area contributed by atoms with E-state index in [1.54, 1.807) is 0 Å². The minimum absolute atomic E-state index is 0.124. The molecule has 1 aromatic rings. The average molecular weight is 247 g/mol. The highest BCUT2D eigenvalue weighted by Crippen LogP contribution is 2.16.